The van der Waals surface area contributed by atoms with Gasteiger partial charge in [0.05, 0.1) is 0 Å². The molecular formula is C11H13NO2. The van der Waals surface area contributed by atoms with Crippen LogP contribution in [0.4, 0.5) is 0 Å². The van der Waals surface area contributed by atoms with Crippen LogP contribution in [0.15, 0.2) is 35.5 Å². The minimum absolute atomic E-state index is 0.0929. The molecule has 1 aromatic carbocycles. The molecule has 0 aromatic heterocycles. The van der Waals surface area contributed by atoms with Gasteiger partial charge < -0.3 is 4.84 Å². The second-order valence-electron chi connectivity index (χ2n) is 2.78. The SMILES string of the molecule is CCO/N=C(/C(C)=O)c1ccccc1. The molecule has 0 fully saturated rings. The monoisotopic (exact) mass is 191 g/mol. The van der Waals surface area contributed by atoms with E-state index in [9.17, 15) is 4.79 Å². The fourth-order valence-corrected chi connectivity index (χ4v) is 1.05. The molecule has 74 valence electrons. The van der Waals surface area contributed by atoms with Crippen molar-refractivity contribution in [1.82, 2.24) is 0 Å². The second kappa shape index (κ2) is 5.17. The van der Waals surface area contributed by atoms with Crippen molar-refractivity contribution in [2.24, 2.45) is 5.16 Å². The Morgan fingerprint density at radius 1 is 1.36 bits per heavy atom. The summed E-state index contributed by atoms with van der Waals surface area (Å²) < 4.78 is 0. The highest BCUT2D eigenvalue weighted by atomic mass is 16.6. The van der Waals surface area contributed by atoms with Crippen LogP contribution in [-0.4, -0.2) is 18.1 Å². The van der Waals surface area contributed by atoms with Crippen molar-refractivity contribution in [1.29, 1.82) is 0 Å². The maximum absolute atomic E-state index is 11.2. The number of oxime groups is 1. The number of rotatable bonds is 4. The number of ketones is 1. The first-order valence-electron chi connectivity index (χ1n) is 4.52. The van der Waals surface area contributed by atoms with Crippen molar-refractivity contribution >= 4 is 11.5 Å². The van der Waals surface area contributed by atoms with Gasteiger partial charge in [-0.25, -0.2) is 0 Å². The zero-order valence-corrected chi connectivity index (χ0v) is 8.36. The Balaban J connectivity index is 2.95. The molecule has 0 amide bonds. The van der Waals surface area contributed by atoms with E-state index in [2.05, 4.69) is 5.16 Å². The first kappa shape index (κ1) is 10.4. The van der Waals surface area contributed by atoms with Crippen LogP contribution in [0.1, 0.15) is 19.4 Å². The average Bonchev–Trinajstić information content (AvgIpc) is 2.19. The summed E-state index contributed by atoms with van der Waals surface area (Å²) in [5.74, 6) is -0.0929. The third-order valence-electron chi connectivity index (χ3n) is 1.67. The summed E-state index contributed by atoms with van der Waals surface area (Å²) in [6.07, 6.45) is 0. The van der Waals surface area contributed by atoms with Gasteiger partial charge in [-0.3, -0.25) is 4.79 Å². The molecule has 0 radical (unpaired) electrons. The molecule has 0 unspecified atom stereocenters. The molecule has 0 spiro atoms. The third kappa shape index (κ3) is 2.69. The fraction of sp³-hybridized carbons (Fsp3) is 0.273. The summed E-state index contributed by atoms with van der Waals surface area (Å²) in [6.45, 7) is 3.76. The molecule has 0 aliphatic heterocycles. The minimum Gasteiger partial charge on any atom is -0.396 e. The summed E-state index contributed by atoms with van der Waals surface area (Å²) in [6, 6.07) is 9.28. The molecule has 0 atom stereocenters. The highest BCUT2D eigenvalue weighted by molar-refractivity contribution is 6.45. The number of hydrogen-bond acceptors (Lipinski definition) is 3. The maximum atomic E-state index is 11.2. The number of nitrogens with zero attached hydrogens (tertiary/aromatic N) is 1. The Morgan fingerprint density at radius 3 is 2.50 bits per heavy atom. The minimum atomic E-state index is -0.0929. The Bertz CT molecular complexity index is 330. The maximum Gasteiger partial charge on any atom is 0.182 e. The predicted molar refractivity (Wildman–Crippen MR) is 55.3 cm³/mol. The summed E-state index contributed by atoms with van der Waals surface area (Å²) >= 11 is 0. The summed E-state index contributed by atoms with van der Waals surface area (Å²) in [4.78, 5) is 16.1. The van der Waals surface area contributed by atoms with Crippen molar-refractivity contribution in [2.45, 2.75) is 13.8 Å². The first-order chi connectivity index (χ1) is 6.75. The number of hydrogen-bond donors (Lipinski definition) is 0. The van der Waals surface area contributed by atoms with E-state index < -0.39 is 0 Å². The van der Waals surface area contributed by atoms with E-state index in [4.69, 9.17) is 4.84 Å². The molecular weight excluding hydrogens is 178 g/mol. The molecule has 0 aliphatic carbocycles. The van der Waals surface area contributed by atoms with Crippen molar-refractivity contribution in [3.63, 3.8) is 0 Å². The highest BCUT2D eigenvalue weighted by Gasteiger charge is 2.08. The van der Waals surface area contributed by atoms with Gasteiger partial charge in [-0.05, 0) is 6.92 Å². The molecule has 1 rings (SSSR count). The lowest BCUT2D eigenvalue weighted by molar-refractivity contribution is -0.111. The topological polar surface area (TPSA) is 38.7 Å². The predicted octanol–water partition coefficient (Wildman–Crippen LogP) is 2.02. The summed E-state index contributed by atoms with van der Waals surface area (Å²) in [5.41, 5.74) is 1.15. The van der Waals surface area contributed by atoms with Gasteiger partial charge in [-0.1, -0.05) is 35.5 Å². The van der Waals surface area contributed by atoms with Crippen LogP contribution in [-0.2, 0) is 9.63 Å². The van der Waals surface area contributed by atoms with Gasteiger partial charge in [0, 0.05) is 12.5 Å². The Kier molecular flexibility index (Phi) is 3.85. The van der Waals surface area contributed by atoms with Crippen LogP contribution >= 0.6 is 0 Å². The normalized spacial score (nSPS) is 11.1. The van der Waals surface area contributed by atoms with E-state index in [0.29, 0.717) is 12.3 Å². The number of Topliss-reactive ketones (excluding diaryl/α,β-unsaturated/α-hetero) is 1. The molecule has 0 saturated carbocycles. The van der Waals surface area contributed by atoms with Crippen LogP contribution < -0.4 is 0 Å². The molecule has 3 heteroatoms. The molecule has 0 N–H and O–H groups in total. The lowest BCUT2D eigenvalue weighted by atomic mass is 10.1. The van der Waals surface area contributed by atoms with Gasteiger partial charge in [0.1, 0.15) is 6.61 Å². The van der Waals surface area contributed by atoms with Crippen LogP contribution in [0.3, 0.4) is 0 Å². The lowest BCUT2D eigenvalue weighted by Gasteiger charge is -2.01. The van der Waals surface area contributed by atoms with E-state index in [0.717, 1.165) is 5.56 Å². The van der Waals surface area contributed by atoms with Crippen molar-refractivity contribution in [3.05, 3.63) is 35.9 Å². The molecule has 14 heavy (non-hydrogen) atoms. The highest BCUT2D eigenvalue weighted by Crippen LogP contribution is 2.02. The standard InChI is InChI=1S/C11H13NO2/c1-3-14-12-11(9(2)13)10-7-5-4-6-8-10/h4-8H,3H2,1-2H3/b12-11-. The van der Waals surface area contributed by atoms with Gasteiger partial charge in [0.2, 0.25) is 0 Å². The quantitative estimate of drug-likeness (QED) is 0.539. The van der Waals surface area contributed by atoms with Crippen molar-refractivity contribution in [2.75, 3.05) is 6.61 Å². The smallest absolute Gasteiger partial charge is 0.182 e. The van der Waals surface area contributed by atoms with Crippen LogP contribution in [0.25, 0.3) is 0 Å². The largest absolute Gasteiger partial charge is 0.396 e. The first-order valence-corrected chi connectivity index (χ1v) is 4.52. The van der Waals surface area contributed by atoms with E-state index >= 15 is 0 Å². The van der Waals surface area contributed by atoms with Crippen molar-refractivity contribution < 1.29 is 9.63 Å². The lowest BCUT2D eigenvalue weighted by Crippen LogP contribution is -2.12. The summed E-state index contributed by atoms with van der Waals surface area (Å²) in [5, 5.41) is 3.78. The number of carbonyl (C=O) groups excluding carboxylic acids is 1. The van der Waals surface area contributed by atoms with E-state index in [1.165, 1.54) is 6.92 Å². The van der Waals surface area contributed by atoms with Crippen LogP contribution in [0, 0.1) is 0 Å². The average molecular weight is 191 g/mol. The van der Waals surface area contributed by atoms with E-state index in [-0.39, 0.29) is 5.78 Å². The van der Waals surface area contributed by atoms with Gasteiger partial charge >= 0.3 is 0 Å². The van der Waals surface area contributed by atoms with Crippen LogP contribution in [0.5, 0.6) is 0 Å². The van der Waals surface area contributed by atoms with Crippen molar-refractivity contribution in [3.8, 4) is 0 Å². The zero-order valence-electron chi connectivity index (χ0n) is 8.36. The van der Waals surface area contributed by atoms with Gasteiger partial charge in [0.25, 0.3) is 0 Å². The van der Waals surface area contributed by atoms with E-state index in [1.807, 2.05) is 37.3 Å². The molecule has 0 heterocycles. The van der Waals surface area contributed by atoms with Crippen LogP contribution in [0.2, 0.25) is 0 Å². The molecule has 3 nitrogen and oxygen atoms in total. The summed E-state index contributed by atoms with van der Waals surface area (Å²) in [7, 11) is 0. The molecule has 1 aromatic rings. The molecule has 0 bridgehead atoms. The van der Waals surface area contributed by atoms with Gasteiger partial charge in [-0.2, -0.15) is 0 Å². The van der Waals surface area contributed by atoms with E-state index in [1.54, 1.807) is 0 Å². The Hall–Kier alpha value is -1.64. The fourth-order valence-electron chi connectivity index (χ4n) is 1.05. The number of benzene rings is 1. The van der Waals surface area contributed by atoms with Gasteiger partial charge in [0.15, 0.2) is 11.5 Å². The Morgan fingerprint density at radius 2 is 2.00 bits per heavy atom. The zero-order chi connectivity index (χ0) is 10.4. The molecule has 0 saturated heterocycles. The third-order valence-corrected chi connectivity index (χ3v) is 1.67. The second-order valence-corrected chi connectivity index (χ2v) is 2.78. The molecule has 0 aliphatic rings. The number of carbonyl (C=O) groups is 1. The van der Waals surface area contributed by atoms with Gasteiger partial charge in [-0.15, -0.1) is 0 Å². The Labute approximate surface area is 83.4 Å².